The largest absolute Gasteiger partial charge is 0.444 e. The van der Waals surface area contributed by atoms with Crippen molar-refractivity contribution in [2.24, 2.45) is 0 Å². The van der Waals surface area contributed by atoms with Crippen molar-refractivity contribution in [1.29, 1.82) is 0 Å². The molecule has 4 aromatic rings. The second kappa shape index (κ2) is 11.9. The molecule has 3 heterocycles. The Morgan fingerprint density at radius 1 is 0.932 bits per heavy atom. The van der Waals surface area contributed by atoms with E-state index in [1.165, 1.54) is 36.0 Å². The Hall–Kier alpha value is -4.40. The molecular weight excluding hydrogens is 614 g/mol. The van der Waals surface area contributed by atoms with Crippen LogP contribution in [0.5, 0.6) is 5.75 Å². The van der Waals surface area contributed by atoms with Crippen molar-refractivity contribution in [3.05, 3.63) is 76.6 Å². The van der Waals surface area contributed by atoms with E-state index in [0.717, 1.165) is 24.2 Å². The lowest BCUT2D eigenvalue weighted by Crippen LogP contribution is -2.44. The molecule has 0 bridgehead atoms. The molecular formula is C29H24F6N4O4S. The van der Waals surface area contributed by atoms with Crippen LogP contribution in [0, 0.1) is 34.9 Å². The minimum atomic E-state index is -2.40. The maximum Gasteiger partial charge on any atom is 0.411 e. The van der Waals surface area contributed by atoms with E-state index in [9.17, 15) is 35.9 Å². The molecule has 1 aliphatic heterocycles. The average molecular weight is 639 g/mol. The molecule has 232 valence electrons. The molecule has 1 saturated heterocycles. The van der Waals surface area contributed by atoms with Gasteiger partial charge in [-0.1, -0.05) is 0 Å². The lowest BCUT2D eigenvalue weighted by atomic mass is 10.1. The number of likely N-dealkylation sites (tertiary alicyclic amines) is 1. The van der Waals surface area contributed by atoms with Gasteiger partial charge in [0.15, 0.2) is 5.69 Å². The molecule has 1 amide bonds. The van der Waals surface area contributed by atoms with E-state index in [2.05, 4.69) is 14.7 Å². The predicted molar refractivity (Wildman–Crippen MR) is 146 cm³/mol. The first-order chi connectivity index (χ1) is 20.8. The highest BCUT2D eigenvalue weighted by Gasteiger charge is 2.35. The first-order valence-corrected chi connectivity index (χ1v) is 14.2. The minimum absolute atomic E-state index is 0.140. The number of aromatic nitrogens is 3. The van der Waals surface area contributed by atoms with Crippen LogP contribution in [-0.4, -0.2) is 43.6 Å². The Kier molecular flexibility index (Phi) is 8.42. The number of nitrogens with zero attached hydrogens (tertiary/aromatic N) is 4. The van der Waals surface area contributed by atoms with Gasteiger partial charge in [-0.15, -0.1) is 11.3 Å². The number of benzene rings is 2. The second-order valence-corrected chi connectivity index (χ2v) is 11.7. The summed E-state index contributed by atoms with van der Waals surface area (Å²) >= 11 is 0.896. The smallest absolute Gasteiger partial charge is 0.411 e. The zero-order chi connectivity index (χ0) is 31.9. The fourth-order valence-electron chi connectivity index (χ4n) is 4.65. The van der Waals surface area contributed by atoms with Crippen molar-refractivity contribution in [2.45, 2.75) is 51.8 Å². The third-order valence-corrected chi connectivity index (χ3v) is 7.46. The summed E-state index contributed by atoms with van der Waals surface area (Å²) in [4.78, 5) is 36.2. The van der Waals surface area contributed by atoms with Crippen LogP contribution in [0.3, 0.4) is 0 Å². The van der Waals surface area contributed by atoms with E-state index < -0.39 is 70.2 Å². The third kappa shape index (κ3) is 6.00. The number of carbonyl (C=O) groups is 2. The fraction of sp³-hybridized carbons (Fsp3) is 0.310. The van der Waals surface area contributed by atoms with Crippen molar-refractivity contribution >= 4 is 23.4 Å². The predicted octanol–water partition coefficient (Wildman–Crippen LogP) is 7.65. The van der Waals surface area contributed by atoms with E-state index in [4.69, 9.17) is 4.74 Å². The Morgan fingerprint density at radius 3 is 2.20 bits per heavy atom. The highest BCUT2D eigenvalue weighted by molar-refractivity contribution is 7.13. The van der Waals surface area contributed by atoms with E-state index in [0.29, 0.717) is 29.9 Å². The summed E-state index contributed by atoms with van der Waals surface area (Å²) in [6.45, 7) is 5.59. The maximum absolute atomic E-state index is 14.1. The Balaban J connectivity index is 1.56. The van der Waals surface area contributed by atoms with E-state index in [1.807, 2.05) is 0 Å². The summed E-state index contributed by atoms with van der Waals surface area (Å²) in [6, 6.07) is 5.40. The average Bonchev–Trinajstić information content (AvgIpc) is 3.64. The summed E-state index contributed by atoms with van der Waals surface area (Å²) in [5.74, 6) is -15.3. The van der Waals surface area contributed by atoms with Crippen molar-refractivity contribution < 1.29 is 45.4 Å². The number of imidazole rings is 1. The van der Waals surface area contributed by atoms with Gasteiger partial charge in [0.2, 0.25) is 34.8 Å². The standard InChI is InChI=1S/C29H24F6N4O4S/c1-29(2,3)43-28(41)38-11-5-4-6-17(38)39-13-36-23(14-7-9-15(30)10-8-14)24(39)26-37-16(12-44-26)27(40)42-25-21(34)19(32)18(31)20(33)22(25)35/h7-10,12-13,17H,4-6,11H2,1-3H3. The molecule has 0 spiro atoms. The molecule has 0 aliphatic carbocycles. The number of ether oxygens (including phenoxy) is 2. The molecule has 8 nitrogen and oxygen atoms in total. The number of hydrogen-bond donors (Lipinski definition) is 0. The fourth-order valence-corrected chi connectivity index (χ4v) is 5.49. The van der Waals surface area contributed by atoms with Crippen LogP contribution in [0.15, 0.2) is 36.0 Å². The Bertz CT molecular complexity index is 1710. The molecule has 44 heavy (non-hydrogen) atoms. The zero-order valence-electron chi connectivity index (χ0n) is 23.5. The van der Waals surface area contributed by atoms with E-state index >= 15 is 0 Å². The number of hydrogen-bond acceptors (Lipinski definition) is 7. The molecule has 2 aromatic carbocycles. The van der Waals surface area contributed by atoms with Crippen molar-refractivity contribution in [2.75, 3.05) is 6.54 Å². The van der Waals surface area contributed by atoms with E-state index in [1.54, 1.807) is 30.2 Å². The number of halogens is 6. The van der Waals surface area contributed by atoms with Crippen LogP contribution in [0.4, 0.5) is 31.1 Å². The summed E-state index contributed by atoms with van der Waals surface area (Å²) in [5.41, 5.74) is -0.165. The number of amides is 1. The number of thiazole rings is 1. The summed E-state index contributed by atoms with van der Waals surface area (Å²) in [5, 5.41) is 1.31. The highest BCUT2D eigenvalue weighted by Crippen LogP contribution is 2.39. The lowest BCUT2D eigenvalue weighted by molar-refractivity contribution is -0.000903. The molecule has 2 aromatic heterocycles. The van der Waals surface area contributed by atoms with Crippen molar-refractivity contribution in [1.82, 2.24) is 19.4 Å². The molecule has 15 heteroatoms. The molecule has 1 unspecified atom stereocenters. The van der Waals surface area contributed by atoms with Gasteiger partial charge >= 0.3 is 12.1 Å². The maximum atomic E-state index is 14.1. The van der Waals surface area contributed by atoms with Crippen LogP contribution >= 0.6 is 11.3 Å². The van der Waals surface area contributed by atoms with Gasteiger partial charge in [0, 0.05) is 17.5 Å². The van der Waals surface area contributed by atoms with Gasteiger partial charge in [-0.05, 0) is 64.3 Å². The molecule has 1 fully saturated rings. The van der Waals surface area contributed by atoms with Gasteiger partial charge in [0.1, 0.15) is 28.3 Å². The van der Waals surface area contributed by atoms with Gasteiger partial charge < -0.3 is 14.0 Å². The number of piperidine rings is 1. The topological polar surface area (TPSA) is 86.5 Å². The van der Waals surface area contributed by atoms with Crippen molar-refractivity contribution in [3.8, 4) is 27.7 Å². The normalized spacial score (nSPS) is 15.4. The van der Waals surface area contributed by atoms with Crippen LogP contribution in [-0.2, 0) is 4.74 Å². The minimum Gasteiger partial charge on any atom is -0.444 e. The van der Waals surface area contributed by atoms with Gasteiger partial charge in [-0.2, -0.15) is 8.78 Å². The van der Waals surface area contributed by atoms with Crippen LogP contribution in [0.25, 0.3) is 22.0 Å². The number of carbonyl (C=O) groups excluding carboxylic acids is 2. The molecule has 0 N–H and O–H groups in total. The Labute approximate surface area is 250 Å². The summed E-state index contributed by atoms with van der Waals surface area (Å²) in [7, 11) is 0. The van der Waals surface area contributed by atoms with Crippen molar-refractivity contribution in [3.63, 3.8) is 0 Å². The first kappa shape index (κ1) is 31.0. The number of esters is 1. The Morgan fingerprint density at radius 2 is 1.57 bits per heavy atom. The van der Waals surface area contributed by atoms with Gasteiger partial charge in [0.25, 0.3) is 0 Å². The quantitative estimate of drug-likeness (QED) is 0.0734. The molecule has 1 atom stereocenters. The van der Waals surface area contributed by atoms with Crippen LogP contribution in [0.1, 0.15) is 56.7 Å². The molecule has 0 saturated carbocycles. The zero-order valence-corrected chi connectivity index (χ0v) is 24.3. The first-order valence-electron chi connectivity index (χ1n) is 13.3. The lowest BCUT2D eigenvalue weighted by Gasteiger charge is -2.37. The van der Waals surface area contributed by atoms with Gasteiger partial charge in [0.05, 0.1) is 12.0 Å². The SMILES string of the molecule is CC(C)(C)OC(=O)N1CCCCC1n1cnc(-c2ccc(F)cc2)c1-c1nc(C(=O)Oc2c(F)c(F)c(F)c(F)c2F)cs1. The highest BCUT2D eigenvalue weighted by atomic mass is 32.1. The summed E-state index contributed by atoms with van der Waals surface area (Å²) in [6.07, 6.45) is 2.29. The number of rotatable bonds is 5. The molecule has 0 radical (unpaired) electrons. The van der Waals surface area contributed by atoms with Crippen LogP contribution in [0.2, 0.25) is 0 Å². The summed E-state index contributed by atoms with van der Waals surface area (Å²) < 4.78 is 94.6. The van der Waals surface area contributed by atoms with Gasteiger partial charge in [-0.25, -0.2) is 37.1 Å². The second-order valence-electron chi connectivity index (χ2n) is 10.8. The van der Waals surface area contributed by atoms with E-state index in [-0.39, 0.29) is 5.01 Å². The van der Waals surface area contributed by atoms with Gasteiger partial charge in [-0.3, -0.25) is 4.90 Å². The monoisotopic (exact) mass is 638 g/mol. The molecule has 5 rings (SSSR count). The third-order valence-electron chi connectivity index (χ3n) is 6.61. The molecule has 1 aliphatic rings. The van der Waals surface area contributed by atoms with Crippen LogP contribution < -0.4 is 4.74 Å².